The lowest BCUT2D eigenvalue weighted by atomic mass is 10.1. The second-order valence-electron chi connectivity index (χ2n) is 2.82. The highest BCUT2D eigenvalue weighted by molar-refractivity contribution is 5.94. The Labute approximate surface area is 90.4 Å². The minimum absolute atomic E-state index is 0.0683. The Morgan fingerprint density at radius 2 is 1.88 bits per heavy atom. The number of carboxylic acid groups (broad SMARTS) is 1. The third-order valence-electron chi connectivity index (χ3n) is 1.88. The van der Waals surface area contributed by atoms with E-state index in [2.05, 4.69) is 9.47 Å². The quantitative estimate of drug-likeness (QED) is 0.742. The topological polar surface area (TPSA) is 89.9 Å². The van der Waals surface area contributed by atoms with Gasteiger partial charge >= 0.3 is 5.97 Å². The van der Waals surface area contributed by atoms with E-state index in [0.29, 0.717) is 5.56 Å². The van der Waals surface area contributed by atoms with Crippen LogP contribution in [-0.4, -0.2) is 24.0 Å². The van der Waals surface area contributed by atoms with Crippen LogP contribution in [-0.2, 0) is 9.59 Å². The molecule has 0 amide bonds. The number of hydrogen-bond donors (Lipinski definition) is 1. The number of ether oxygens (including phenoxy) is 2. The smallest absolute Gasteiger partial charge is 0.339 e. The van der Waals surface area contributed by atoms with Crippen molar-refractivity contribution in [2.45, 2.75) is 6.92 Å². The van der Waals surface area contributed by atoms with Crippen molar-refractivity contribution in [1.82, 2.24) is 0 Å². The Balaban J connectivity index is 3.41. The highest BCUT2D eigenvalue weighted by Crippen LogP contribution is 2.33. The Hall–Kier alpha value is -2.37. The van der Waals surface area contributed by atoms with E-state index in [0.717, 1.165) is 0 Å². The molecule has 0 aromatic heterocycles. The summed E-state index contributed by atoms with van der Waals surface area (Å²) in [6.45, 7) is 1.72. The zero-order valence-corrected chi connectivity index (χ0v) is 8.30. The maximum atomic E-state index is 10.9. The average molecular weight is 224 g/mol. The summed E-state index contributed by atoms with van der Waals surface area (Å²) in [4.78, 5) is 31.4. The van der Waals surface area contributed by atoms with E-state index in [1.165, 1.54) is 19.1 Å². The molecule has 0 saturated heterocycles. The number of rotatable bonds is 5. The number of aromatic carboxylic acids is 1. The summed E-state index contributed by atoms with van der Waals surface area (Å²) in [6.07, 6.45) is 0. The molecular formula is C10H8O6. The molecule has 0 radical (unpaired) electrons. The fourth-order valence-corrected chi connectivity index (χ4v) is 1.24. The maximum Gasteiger partial charge on any atom is 0.339 e. The van der Waals surface area contributed by atoms with Crippen molar-refractivity contribution in [1.29, 1.82) is 0 Å². The van der Waals surface area contributed by atoms with Crippen molar-refractivity contribution in [3.8, 4) is 11.5 Å². The standard InChI is InChI=1S/C10H8O6/c1-6-2-3-7(15-4-11)9(16-5-12)8(6)10(13)14/h2-5H,1H3,(H,13,14). The van der Waals surface area contributed by atoms with Crippen LogP contribution in [0.15, 0.2) is 12.1 Å². The van der Waals surface area contributed by atoms with Gasteiger partial charge in [-0.3, -0.25) is 9.59 Å². The molecule has 0 aliphatic heterocycles. The summed E-state index contributed by atoms with van der Waals surface area (Å²) in [5.74, 6) is -1.68. The van der Waals surface area contributed by atoms with Crippen molar-refractivity contribution in [2.75, 3.05) is 0 Å². The van der Waals surface area contributed by atoms with Crippen molar-refractivity contribution in [3.05, 3.63) is 23.3 Å². The van der Waals surface area contributed by atoms with Crippen LogP contribution < -0.4 is 9.47 Å². The summed E-state index contributed by atoms with van der Waals surface area (Å²) in [5.41, 5.74) is 0.175. The van der Waals surface area contributed by atoms with Gasteiger partial charge in [-0.2, -0.15) is 0 Å². The number of benzene rings is 1. The van der Waals surface area contributed by atoms with E-state index in [4.69, 9.17) is 5.11 Å². The van der Waals surface area contributed by atoms with Gasteiger partial charge in [-0.05, 0) is 18.6 Å². The van der Waals surface area contributed by atoms with Gasteiger partial charge < -0.3 is 14.6 Å². The molecule has 0 saturated carbocycles. The fraction of sp³-hybridized carbons (Fsp3) is 0.100. The molecule has 6 heteroatoms. The average Bonchev–Trinajstić information content (AvgIpc) is 2.22. The zero-order chi connectivity index (χ0) is 12.1. The molecule has 1 aromatic rings. The molecule has 0 heterocycles. The third-order valence-corrected chi connectivity index (χ3v) is 1.88. The van der Waals surface area contributed by atoms with E-state index >= 15 is 0 Å². The molecule has 0 aliphatic carbocycles. The highest BCUT2D eigenvalue weighted by atomic mass is 16.6. The number of carbonyl (C=O) groups is 3. The van der Waals surface area contributed by atoms with Gasteiger partial charge in [0.05, 0.1) is 0 Å². The van der Waals surface area contributed by atoms with Crippen LogP contribution in [0.25, 0.3) is 0 Å². The van der Waals surface area contributed by atoms with Crippen LogP contribution in [0, 0.1) is 6.92 Å². The molecule has 0 aliphatic rings. The first-order valence-corrected chi connectivity index (χ1v) is 4.19. The third kappa shape index (κ3) is 2.17. The fourth-order valence-electron chi connectivity index (χ4n) is 1.24. The summed E-state index contributed by atoms with van der Waals surface area (Å²) in [7, 11) is 0. The molecule has 0 spiro atoms. The molecular weight excluding hydrogens is 216 g/mol. The van der Waals surface area contributed by atoms with Gasteiger partial charge in [0.1, 0.15) is 5.56 Å². The normalized spacial score (nSPS) is 9.31. The molecule has 6 nitrogen and oxygen atoms in total. The number of hydrogen-bond acceptors (Lipinski definition) is 5. The molecule has 16 heavy (non-hydrogen) atoms. The lowest BCUT2D eigenvalue weighted by Crippen LogP contribution is -2.06. The predicted molar refractivity (Wildman–Crippen MR) is 51.5 cm³/mol. The highest BCUT2D eigenvalue weighted by Gasteiger charge is 2.19. The van der Waals surface area contributed by atoms with Crippen molar-refractivity contribution in [3.63, 3.8) is 0 Å². The maximum absolute atomic E-state index is 10.9. The minimum Gasteiger partial charge on any atom is -0.478 e. The van der Waals surface area contributed by atoms with Crippen LogP contribution in [0.1, 0.15) is 15.9 Å². The van der Waals surface area contributed by atoms with Gasteiger partial charge in [0, 0.05) is 0 Å². The Morgan fingerprint density at radius 3 is 2.38 bits per heavy atom. The first kappa shape index (κ1) is 11.7. The number of aryl methyl sites for hydroxylation is 1. The molecule has 1 aromatic carbocycles. The van der Waals surface area contributed by atoms with Gasteiger partial charge in [-0.25, -0.2) is 4.79 Å². The largest absolute Gasteiger partial charge is 0.478 e. The second-order valence-corrected chi connectivity index (χ2v) is 2.82. The lowest BCUT2D eigenvalue weighted by molar-refractivity contribution is -0.123. The molecule has 0 unspecified atom stereocenters. The van der Waals surface area contributed by atoms with E-state index in [9.17, 15) is 14.4 Å². The van der Waals surface area contributed by atoms with Crippen LogP contribution >= 0.6 is 0 Å². The first-order chi connectivity index (χ1) is 7.61. The Bertz CT molecular complexity index is 437. The van der Waals surface area contributed by atoms with E-state index in [-0.39, 0.29) is 30.0 Å². The molecule has 0 bridgehead atoms. The van der Waals surface area contributed by atoms with E-state index in [1.54, 1.807) is 0 Å². The van der Waals surface area contributed by atoms with Crippen LogP contribution in [0.3, 0.4) is 0 Å². The number of carboxylic acids is 1. The minimum atomic E-state index is -1.27. The van der Waals surface area contributed by atoms with E-state index < -0.39 is 5.97 Å². The van der Waals surface area contributed by atoms with Gasteiger partial charge in [-0.1, -0.05) is 6.07 Å². The second kappa shape index (κ2) is 4.92. The SMILES string of the molecule is Cc1ccc(OC=O)c(OC=O)c1C(=O)O. The predicted octanol–water partition coefficient (Wildman–Crippen LogP) is 0.764. The van der Waals surface area contributed by atoms with Crippen LogP contribution in [0.5, 0.6) is 11.5 Å². The van der Waals surface area contributed by atoms with Gasteiger partial charge in [0.15, 0.2) is 11.5 Å². The summed E-state index contributed by atoms with van der Waals surface area (Å²) in [6, 6.07) is 2.79. The monoisotopic (exact) mass is 224 g/mol. The summed E-state index contributed by atoms with van der Waals surface area (Å²) >= 11 is 0. The van der Waals surface area contributed by atoms with Gasteiger partial charge in [-0.15, -0.1) is 0 Å². The van der Waals surface area contributed by atoms with Crippen molar-refractivity contribution >= 4 is 18.9 Å². The van der Waals surface area contributed by atoms with E-state index in [1.807, 2.05) is 0 Å². The van der Waals surface area contributed by atoms with Crippen LogP contribution in [0.2, 0.25) is 0 Å². The van der Waals surface area contributed by atoms with Crippen molar-refractivity contribution in [2.24, 2.45) is 0 Å². The Kier molecular flexibility index (Phi) is 3.60. The van der Waals surface area contributed by atoms with Gasteiger partial charge in [0.2, 0.25) is 0 Å². The molecule has 0 fully saturated rings. The molecule has 1 rings (SSSR count). The number of carbonyl (C=O) groups excluding carboxylic acids is 2. The van der Waals surface area contributed by atoms with Crippen LogP contribution in [0.4, 0.5) is 0 Å². The Morgan fingerprint density at radius 1 is 1.25 bits per heavy atom. The van der Waals surface area contributed by atoms with Crippen molar-refractivity contribution < 1.29 is 29.0 Å². The summed E-state index contributed by atoms with van der Waals surface area (Å²) < 4.78 is 9.03. The lowest BCUT2D eigenvalue weighted by Gasteiger charge is -2.10. The molecule has 84 valence electrons. The van der Waals surface area contributed by atoms with Gasteiger partial charge in [0.25, 0.3) is 12.9 Å². The molecule has 0 atom stereocenters. The molecule has 1 N–H and O–H groups in total. The first-order valence-electron chi connectivity index (χ1n) is 4.19. The zero-order valence-electron chi connectivity index (χ0n) is 8.30. The summed E-state index contributed by atoms with van der Waals surface area (Å²) in [5, 5.41) is 8.93.